The summed E-state index contributed by atoms with van der Waals surface area (Å²) in [6.07, 6.45) is 2.06. The Labute approximate surface area is 121 Å². The lowest BCUT2D eigenvalue weighted by atomic mass is 9.88. The number of aliphatic carboxylic acids is 1. The van der Waals surface area contributed by atoms with Crippen molar-refractivity contribution < 1.29 is 9.90 Å². The highest BCUT2D eigenvalue weighted by Gasteiger charge is 2.33. The molecule has 0 fully saturated rings. The number of tetrazole rings is 1. The van der Waals surface area contributed by atoms with Crippen LogP contribution >= 0.6 is 0 Å². The van der Waals surface area contributed by atoms with Gasteiger partial charge in [-0.3, -0.25) is 9.59 Å². The van der Waals surface area contributed by atoms with E-state index in [0.717, 1.165) is 0 Å². The molecule has 0 spiro atoms. The fraction of sp³-hybridized carbons (Fsp3) is 0.462. The largest absolute Gasteiger partial charge is 0.481 e. The van der Waals surface area contributed by atoms with Crippen LogP contribution in [-0.2, 0) is 18.4 Å². The molecule has 2 rings (SSSR count). The molecule has 1 unspecified atom stereocenters. The van der Waals surface area contributed by atoms with Crippen LogP contribution in [0.2, 0.25) is 0 Å². The third-order valence-corrected chi connectivity index (χ3v) is 3.69. The average molecular weight is 291 g/mol. The minimum atomic E-state index is -0.968. The van der Waals surface area contributed by atoms with Crippen molar-refractivity contribution in [2.45, 2.75) is 26.8 Å². The molecule has 0 radical (unpaired) electrons. The van der Waals surface area contributed by atoms with Gasteiger partial charge in [0.15, 0.2) is 5.82 Å². The summed E-state index contributed by atoms with van der Waals surface area (Å²) in [6, 6.07) is 3.14. The molecule has 0 bridgehead atoms. The van der Waals surface area contributed by atoms with Gasteiger partial charge in [0.05, 0.1) is 12.0 Å². The molecule has 1 N–H and O–H groups in total. The molecule has 0 saturated heterocycles. The van der Waals surface area contributed by atoms with E-state index in [9.17, 15) is 14.7 Å². The molecule has 1 atom stereocenters. The van der Waals surface area contributed by atoms with Crippen molar-refractivity contribution in [2.24, 2.45) is 12.5 Å². The lowest BCUT2D eigenvalue weighted by molar-refractivity contribution is -0.149. The third-order valence-electron chi connectivity index (χ3n) is 3.69. The Morgan fingerprint density at radius 1 is 1.48 bits per heavy atom. The maximum atomic E-state index is 11.7. The second-order valence-corrected chi connectivity index (χ2v) is 5.24. The Bertz CT molecular complexity index is 721. The van der Waals surface area contributed by atoms with Gasteiger partial charge in [0.25, 0.3) is 5.56 Å². The first-order valence-electron chi connectivity index (χ1n) is 6.54. The number of hydrogen-bond donors (Lipinski definition) is 1. The van der Waals surface area contributed by atoms with Crippen molar-refractivity contribution >= 4 is 5.97 Å². The van der Waals surface area contributed by atoms with Gasteiger partial charge < -0.3 is 9.67 Å². The molecule has 0 aliphatic rings. The van der Waals surface area contributed by atoms with Crippen molar-refractivity contribution in [3.63, 3.8) is 0 Å². The van der Waals surface area contributed by atoms with E-state index in [1.165, 1.54) is 15.3 Å². The first-order valence-corrected chi connectivity index (χ1v) is 6.54. The van der Waals surface area contributed by atoms with E-state index in [2.05, 4.69) is 15.5 Å². The minimum absolute atomic E-state index is 0.135. The van der Waals surface area contributed by atoms with E-state index in [-0.39, 0.29) is 12.1 Å². The quantitative estimate of drug-likeness (QED) is 0.862. The Balaban J connectivity index is 2.41. The van der Waals surface area contributed by atoms with Crippen molar-refractivity contribution in [3.8, 4) is 11.4 Å². The lowest BCUT2D eigenvalue weighted by Crippen LogP contribution is -2.32. The molecule has 8 nitrogen and oxygen atoms in total. The Morgan fingerprint density at radius 2 is 2.19 bits per heavy atom. The predicted octanol–water partition coefficient (Wildman–Crippen LogP) is 0.540. The number of carboxylic acids is 1. The number of aromatic nitrogens is 5. The molecular formula is C13H17N5O3. The maximum absolute atomic E-state index is 11.7. The number of pyridine rings is 1. The van der Waals surface area contributed by atoms with Gasteiger partial charge in [-0.2, -0.15) is 0 Å². The summed E-state index contributed by atoms with van der Waals surface area (Å²) in [4.78, 5) is 23.1. The second kappa shape index (κ2) is 5.47. The molecule has 2 aromatic rings. The maximum Gasteiger partial charge on any atom is 0.311 e. The summed E-state index contributed by atoms with van der Waals surface area (Å²) >= 11 is 0. The highest BCUT2D eigenvalue weighted by atomic mass is 16.4. The molecule has 21 heavy (non-hydrogen) atoms. The normalized spacial score (nSPS) is 13.9. The molecule has 0 amide bonds. The van der Waals surface area contributed by atoms with Gasteiger partial charge >= 0.3 is 5.97 Å². The van der Waals surface area contributed by atoms with E-state index in [1.54, 1.807) is 33.2 Å². The molecule has 0 saturated carbocycles. The summed E-state index contributed by atoms with van der Waals surface area (Å²) in [6.45, 7) is 3.58. The Kier molecular flexibility index (Phi) is 3.88. The van der Waals surface area contributed by atoms with Crippen molar-refractivity contribution in [1.82, 2.24) is 24.8 Å². The lowest BCUT2D eigenvalue weighted by Gasteiger charge is -2.22. The van der Waals surface area contributed by atoms with E-state index < -0.39 is 11.4 Å². The summed E-state index contributed by atoms with van der Waals surface area (Å²) in [5.74, 6) is -0.524. The van der Waals surface area contributed by atoms with Crippen LogP contribution in [-0.4, -0.2) is 35.9 Å². The fourth-order valence-corrected chi connectivity index (χ4v) is 1.87. The van der Waals surface area contributed by atoms with Crippen LogP contribution in [0.25, 0.3) is 11.4 Å². The van der Waals surface area contributed by atoms with Crippen LogP contribution in [0.1, 0.15) is 20.3 Å². The molecule has 0 aliphatic heterocycles. The van der Waals surface area contributed by atoms with Gasteiger partial charge in [-0.1, -0.05) is 6.92 Å². The van der Waals surface area contributed by atoms with Gasteiger partial charge in [0.1, 0.15) is 0 Å². The van der Waals surface area contributed by atoms with Gasteiger partial charge in [0, 0.05) is 24.9 Å². The zero-order valence-electron chi connectivity index (χ0n) is 12.1. The average Bonchev–Trinajstić information content (AvgIpc) is 2.89. The van der Waals surface area contributed by atoms with Crippen LogP contribution in [0.4, 0.5) is 0 Å². The standard InChI is InChI=1S/C13H17N5O3/c1-4-13(2,12(20)21)8-18-11(14-15-16-18)9-5-6-17(3)10(19)7-9/h5-7H,4,8H2,1-3H3,(H,20,21). The highest BCUT2D eigenvalue weighted by molar-refractivity contribution is 5.74. The monoisotopic (exact) mass is 291 g/mol. The van der Waals surface area contributed by atoms with E-state index in [4.69, 9.17) is 0 Å². The summed E-state index contributed by atoms with van der Waals surface area (Å²) < 4.78 is 2.86. The molecular weight excluding hydrogens is 274 g/mol. The molecule has 8 heteroatoms. The van der Waals surface area contributed by atoms with Crippen molar-refractivity contribution in [1.29, 1.82) is 0 Å². The molecule has 2 aromatic heterocycles. The van der Waals surface area contributed by atoms with Gasteiger partial charge in [-0.15, -0.1) is 5.10 Å². The van der Waals surface area contributed by atoms with Crippen LogP contribution in [0.5, 0.6) is 0 Å². The van der Waals surface area contributed by atoms with Crippen molar-refractivity contribution in [3.05, 3.63) is 28.7 Å². The second-order valence-electron chi connectivity index (χ2n) is 5.24. The first-order chi connectivity index (χ1) is 9.87. The number of hydrogen-bond acceptors (Lipinski definition) is 5. The summed E-state index contributed by atoms with van der Waals surface area (Å²) in [5, 5.41) is 20.7. The summed E-state index contributed by atoms with van der Waals surface area (Å²) in [5.41, 5.74) is -0.588. The van der Waals surface area contributed by atoms with E-state index in [1.807, 2.05) is 0 Å². The SMILES string of the molecule is CCC(C)(Cn1nnnc1-c1ccn(C)c(=O)c1)C(=O)O. The zero-order valence-corrected chi connectivity index (χ0v) is 12.1. The fourth-order valence-electron chi connectivity index (χ4n) is 1.87. The highest BCUT2D eigenvalue weighted by Crippen LogP contribution is 2.25. The van der Waals surface area contributed by atoms with Gasteiger partial charge in [0.2, 0.25) is 0 Å². The topological polar surface area (TPSA) is 103 Å². The van der Waals surface area contributed by atoms with E-state index in [0.29, 0.717) is 17.8 Å². The predicted molar refractivity (Wildman–Crippen MR) is 74.5 cm³/mol. The smallest absolute Gasteiger partial charge is 0.311 e. The molecule has 0 aliphatic carbocycles. The third kappa shape index (κ3) is 2.83. The van der Waals surface area contributed by atoms with Crippen LogP contribution < -0.4 is 5.56 Å². The van der Waals surface area contributed by atoms with Crippen LogP contribution in [0.15, 0.2) is 23.1 Å². The van der Waals surface area contributed by atoms with Crippen LogP contribution in [0, 0.1) is 5.41 Å². The van der Waals surface area contributed by atoms with Gasteiger partial charge in [-0.05, 0) is 29.8 Å². The first kappa shape index (κ1) is 14.9. The number of rotatable bonds is 5. The van der Waals surface area contributed by atoms with Gasteiger partial charge in [-0.25, -0.2) is 4.68 Å². The van der Waals surface area contributed by atoms with Crippen LogP contribution in [0.3, 0.4) is 0 Å². The zero-order chi connectivity index (χ0) is 15.6. The summed E-state index contributed by atoms with van der Waals surface area (Å²) in [7, 11) is 1.65. The number of nitrogens with zero attached hydrogens (tertiary/aromatic N) is 5. The number of carbonyl (C=O) groups is 1. The Morgan fingerprint density at radius 3 is 2.76 bits per heavy atom. The number of carboxylic acid groups (broad SMARTS) is 1. The van der Waals surface area contributed by atoms with E-state index >= 15 is 0 Å². The molecule has 112 valence electrons. The molecule has 0 aromatic carbocycles. The minimum Gasteiger partial charge on any atom is -0.481 e. The number of aryl methyl sites for hydroxylation is 1. The Hall–Kier alpha value is -2.51. The van der Waals surface area contributed by atoms with Crippen molar-refractivity contribution in [2.75, 3.05) is 0 Å². The molecule has 2 heterocycles.